The van der Waals surface area contributed by atoms with Crippen LogP contribution in [0.2, 0.25) is 0 Å². The normalized spacial score (nSPS) is 18.4. The van der Waals surface area contributed by atoms with Gasteiger partial charge >= 0.3 is 0 Å². The van der Waals surface area contributed by atoms with Gasteiger partial charge in [-0.15, -0.1) is 0 Å². The van der Waals surface area contributed by atoms with Gasteiger partial charge in [0.15, 0.2) is 0 Å². The van der Waals surface area contributed by atoms with Gasteiger partial charge in [0.1, 0.15) is 0 Å². The lowest BCUT2D eigenvalue weighted by atomic mass is 10.0. The quantitative estimate of drug-likeness (QED) is 0.891. The smallest absolute Gasteiger partial charge is 0.254 e. The number of rotatable bonds is 3. The molecule has 1 saturated heterocycles. The number of aromatic nitrogens is 3. The average molecular weight is 314 g/mol. The third kappa shape index (κ3) is 4.01. The summed E-state index contributed by atoms with van der Waals surface area (Å²) in [6, 6.07) is 4.91. The molecule has 7 nitrogen and oxygen atoms in total. The van der Waals surface area contributed by atoms with E-state index in [9.17, 15) is 9.59 Å². The van der Waals surface area contributed by atoms with Crippen molar-refractivity contribution in [3.8, 4) is 0 Å². The molecule has 1 N–H and O–H groups in total. The van der Waals surface area contributed by atoms with Crippen LogP contribution in [0.1, 0.15) is 16.1 Å². The summed E-state index contributed by atoms with van der Waals surface area (Å²) in [6.07, 6.45) is 5.22. The maximum Gasteiger partial charge on any atom is 0.254 e. The van der Waals surface area contributed by atoms with Gasteiger partial charge in [0, 0.05) is 48.7 Å². The van der Waals surface area contributed by atoms with Crippen LogP contribution in [-0.4, -0.2) is 52.1 Å². The second-order valence-corrected chi connectivity index (χ2v) is 5.53. The van der Waals surface area contributed by atoms with Crippen LogP contribution >= 0.6 is 0 Å². The molecular weight excluding hydrogens is 296 g/mol. The monoisotopic (exact) mass is 314 g/mol. The topological polar surface area (TPSA) is 88.2 Å². The number of carbonyl (C=O) groups is 1. The van der Waals surface area contributed by atoms with Gasteiger partial charge in [-0.1, -0.05) is 0 Å². The highest BCUT2D eigenvalue weighted by Gasteiger charge is 2.24. The number of ether oxygens (including phenoxy) is 1. The van der Waals surface area contributed by atoms with E-state index in [0.29, 0.717) is 44.0 Å². The van der Waals surface area contributed by atoms with E-state index in [1.54, 1.807) is 29.4 Å². The molecule has 3 heterocycles. The minimum atomic E-state index is -0.172. The van der Waals surface area contributed by atoms with Crippen LogP contribution in [0, 0.1) is 5.92 Å². The molecule has 0 radical (unpaired) electrons. The van der Waals surface area contributed by atoms with Crippen LogP contribution in [0.5, 0.6) is 0 Å². The van der Waals surface area contributed by atoms with Gasteiger partial charge in [0.05, 0.1) is 19.5 Å². The Morgan fingerprint density at radius 3 is 3.00 bits per heavy atom. The number of aromatic amines is 1. The summed E-state index contributed by atoms with van der Waals surface area (Å²) < 4.78 is 5.61. The molecule has 1 amide bonds. The van der Waals surface area contributed by atoms with Crippen molar-refractivity contribution >= 4 is 5.91 Å². The van der Waals surface area contributed by atoms with Crippen LogP contribution in [0.15, 0.2) is 41.7 Å². The summed E-state index contributed by atoms with van der Waals surface area (Å²) in [5.74, 6) is 0.0827. The van der Waals surface area contributed by atoms with Gasteiger partial charge in [-0.25, -0.2) is 4.98 Å². The van der Waals surface area contributed by atoms with Gasteiger partial charge in [0.2, 0.25) is 0 Å². The first-order valence-electron chi connectivity index (χ1n) is 7.53. The molecule has 1 atom stereocenters. The van der Waals surface area contributed by atoms with E-state index in [1.807, 2.05) is 0 Å². The number of H-pyrrole nitrogens is 1. The molecule has 23 heavy (non-hydrogen) atoms. The summed E-state index contributed by atoms with van der Waals surface area (Å²) in [5.41, 5.74) is 1.16. The second kappa shape index (κ2) is 7.15. The third-order valence-corrected chi connectivity index (χ3v) is 3.78. The number of amides is 1. The molecule has 0 aromatic carbocycles. The fourth-order valence-electron chi connectivity index (χ4n) is 2.68. The van der Waals surface area contributed by atoms with Crippen LogP contribution in [0.25, 0.3) is 0 Å². The summed E-state index contributed by atoms with van der Waals surface area (Å²) in [5, 5.41) is 0. The fraction of sp³-hybridized carbons (Fsp3) is 0.375. The lowest BCUT2D eigenvalue weighted by Crippen LogP contribution is -2.36. The molecule has 120 valence electrons. The minimum absolute atomic E-state index is 0.0261. The standard InChI is InChI=1S/C16H18N4O3/c21-15-8-14(18-11-19-15)7-12-9-20(5-6-23-10-12)16(22)13-1-3-17-4-2-13/h1-4,8,11-12H,5-7,9-10H2,(H,18,19,21)/t12-/m0/s1. The van der Waals surface area contributed by atoms with Crippen LogP contribution in [0.4, 0.5) is 0 Å². The molecule has 1 aliphatic rings. The highest BCUT2D eigenvalue weighted by molar-refractivity contribution is 5.94. The molecule has 7 heteroatoms. The maximum atomic E-state index is 12.6. The van der Waals surface area contributed by atoms with E-state index >= 15 is 0 Å². The average Bonchev–Trinajstić information content (AvgIpc) is 2.80. The molecule has 1 fully saturated rings. The fourth-order valence-corrected chi connectivity index (χ4v) is 2.68. The predicted molar refractivity (Wildman–Crippen MR) is 83.0 cm³/mol. The molecule has 0 saturated carbocycles. The number of hydrogen-bond donors (Lipinski definition) is 1. The molecule has 1 aliphatic heterocycles. The Kier molecular flexibility index (Phi) is 4.77. The predicted octanol–water partition coefficient (Wildman–Crippen LogP) is 0.496. The SMILES string of the molecule is O=C(c1ccncc1)N1CCOC[C@@H](Cc2cc(=O)[nH]cn2)C1. The molecule has 0 spiro atoms. The van der Waals surface area contributed by atoms with Gasteiger partial charge in [-0.2, -0.15) is 0 Å². The Bertz CT molecular complexity index is 717. The zero-order valence-electron chi connectivity index (χ0n) is 12.6. The molecular formula is C16H18N4O3. The highest BCUT2D eigenvalue weighted by Crippen LogP contribution is 2.14. The first kappa shape index (κ1) is 15.4. The van der Waals surface area contributed by atoms with E-state index in [4.69, 9.17) is 4.74 Å². The number of carbonyl (C=O) groups excluding carboxylic acids is 1. The van der Waals surface area contributed by atoms with E-state index in [0.717, 1.165) is 0 Å². The van der Waals surface area contributed by atoms with Crippen LogP contribution < -0.4 is 5.56 Å². The van der Waals surface area contributed by atoms with Crippen LogP contribution in [-0.2, 0) is 11.2 Å². The summed E-state index contributed by atoms with van der Waals surface area (Å²) >= 11 is 0. The number of nitrogens with one attached hydrogen (secondary N) is 1. The minimum Gasteiger partial charge on any atom is -0.379 e. The third-order valence-electron chi connectivity index (χ3n) is 3.78. The number of hydrogen-bond acceptors (Lipinski definition) is 5. The Morgan fingerprint density at radius 2 is 2.22 bits per heavy atom. The summed E-state index contributed by atoms with van der Waals surface area (Å²) in [6.45, 7) is 2.20. The summed E-state index contributed by atoms with van der Waals surface area (Å²) in [4.78, 5) is 36.3. The van der Waals surface area contributed by atoms with Crippen molar-refractivity contribution in [2.45, 2.75) is 6.42 Å². The Hall–Kier alpha value is -2.54. The molecule has 0 aliphatic carbocycles. The second-order valence-electron chi connectivity index (χ2n) is 5.53. The van der Waals surface area contributed by atoms with Crippen molar-refractivity contribution in [3.63, 3.8) is 0 Å². The van der Waals surface area contributed by atoms with Gasteiger partial charge in [-0.05, 0) is 18.6 Å². The van der Waals surface area contributed by atoms with Gasteiger partial charge in [0.25, 0.3) is 11.5 Å². The highest BCUT2D eigenvalue weighted by atomic mass is 16.5. The van der Waals surface area contributed by atoms with E-state index in [2.05, 4.69) is 15.0 Å². The Labute approximate surface area is 133 Å². The number of pyridine rings is 1. The Morgan fingerprint density at radius 1 is 1.39 bits per heavy atom. The van der Waals surface area contributed by atoms with Crippen molar-refractivity contribution in [1.82, 2.24) is 19.9 Å². The zero-order valence-corrected chi connectivity index (χ0v) is 12.6. The van der Waals surface area contributed by atoms with Crippen molar-refractivity contribution < 1.29 is 9.53 Å². The first-order chi connectivity index (χ1) is 11.2. The zero-order chi connectivity index (χ0) is 16.1. The van der Waals surface area contributed by atoms with Crippen LogP contribution in [0.3, 0.4) is 0 Å². The van der Waals surface area contributed by atoms with Crippen molar-refractivity contribution in [3.05, 3.63) is 58.5 Å². The van der Waals surface area contributed by atoms with Crippen molar-refractivity contribution in [1.29, 1.82) is 0 Å². The lowest BCUT2D eigenvalue weighted by molar-refractivity contribution is 0.0737. The van der Waals surface area contributed by atoms with Gasteiger partial charge in [-0.3, -0.25) is 14.6 Å². The molecule has 0 unspecified atom stereocenters. The van der Waals surface area contributed by atoms with Crippen molar-refractivity contribution in [2.24, 2.45) is 5.92 Å². The van der Waals surface area contributed by atoms with E-state index in [-0.39, 0.29) is 17.4 Å². The Balaban J connectivity index is 1.71. The lowest BCUT2D eigenvalue weighted by Gasteiger charge is -2.23. The number of nitrogens with zero attached hydrogens (tertiary/aromatic N) is 3. The van der Waals surface area contributed by atoms with Crippen molar-refractivity contribution in [2.75, 3.05) is 26.3 Å². The van der Waals surface area contributed by atoms with Gasteiger partial charge < -0.3 is 14.6 Å². The van der Waals surface area contributed by atoms with E-state index < -0.39 is 0 Å². The summed E-state index contributed by atoms with van der Waals surface area (Å²) in [7, 11) is 0. The molecule has 2 aromatic rings. The maximum absolute atomic E-state index is 12.6. The molecule has 2 aromatic heterocycles. The first-order valence-corrected chi connectivity index (χ1v) is 7.53. The molecule has 3 rings (SSSR count). The van der Waals surface area contributed by atoms with E-state index in [1.165, 1.54) is 12.4 Å². The largest absolute Gasteiger partial charge is 0.379 e. The molecule has 0 bridgehead atoms.